The molecular formula is C21H31BrN6. The summed E-state index contributed by atoms with van der Waals surface area (Å²) >= 11 is 3.49. The summed E-state index contributed by atoms with van der Waals surface area (Å²) in [6.45, 7) is 5.65. The first-order chi connectivity index (χ1) is 13.7. The molecule has 0 aliphatic carbocycles. The molecule has 28 heavy (non-hydrogen) atoms. The first-order valence-corrected chi connectivity index (χ1v) is 11.1. The molecule has 3 rings (SSSR count). The minimum Gasteiger partial charge on any atom is -0.357 e. The Morgan fingerprint density at radius 2 is 2.04 bits per heavy atom. The van der Waals surface area contributed by atoms with E-state index in [1.54, 1.807) is 0 Å². The van der Waals surface area contributed by atoms with E-state index in [1.807, 2.05) is 0 Å². The fraction of sp³-hybridized carbons (Fsp3) is 0.571. The number of benzene rings is 1. The van der Waals surface area contributed by atoms with Gasteiger partial charge in [0.25, 0.3) is 0 Å². The van der Waals surface area contributed by atoms with Gasteiger partial charge in [-0.05, 0) is 43.9 Å². The molecule has 0 bridgehead atoms. The highest BCUT2D eigenvalue weighted by Gasteiger charge is 2.14. The lowest BCUT2D eigenvalue weighted by Crippen LogP contribution is -2.38. The Morgan fingerprint density at radius 1 is 1.21 bits per heavy atom. The molecule has 0 spiro atoms. The molecule has 1 aromatic carbocycles. The van der Waals surface area contributed by atoms with Gasteiger partial charge in [0.1, 0.15) is 11.6 Å². The average molecular weight is 447 g/mol. The second kappa shape index (κ2) is 10.6. The number of aromatic nitrogens is 3. The van der Waals surface area contributed by atoms with Gasteiger partial charge in [-0.3, -0.25) is 4.99 Å². The fourth-order valence-electron chi connectivity index (χ4n) is 3.56. The standard InChI is InChI=1S/C21H31BrN6/c1-3-23-21(27(2)16-17-10-12-18(22)13-11-17)24-14-7-9-20-26-25-19-8-5-4-6-15-28(19)20/h10-13H,3-9,14-16H2,1-2H3,(H,23,24). The number of guanidine groups is 1. The van der Waals surface area contributed by atoms with E-state index in [0.29, 0.717) is 0 Å². The summed E-state index contributed by atoms with van der Waals surface area (Å²) < 4.78 is 3.44. The highest BCUT2D eigenvalue weighted by Crippen LogP contribution is 2.15. The van der Waals surface area contributed by atoms with E-state index in [9.17, 15) is 0 Å². The quantitative estimate of drug-likeness (QED) is 0.399. The Kier molecular flexibility index (Phi) is 7.89. The van der Waals surface area contributed by atoms with Crippen LogP contribution in [0.4, 0.5) is 0 Å². The van der Waals surface area contributed by atoms with Crippen LogP contribution >= 0.6 is 15.9 Å². The molecule has 152 valence electrons. The summed E-state index contributed by atoms with van der Waals surface area (Å²) in [5.74, 6) is 3.24. The van der Waals surface area contributed by atoms with Gasteiger partial charge in [-0.15, -0.1) is 10.2 Å². The Balaban J connectivity index is 1.54. The van der Waals surface area contributed by atoms with Crippen LogP contribution in [0.25, 0.3) is 0 Å². The van der Waals surface area contributed by atoms with Crippen LogP contribution in [-0.4, -0.2) is 45.8 Å². The molecule has 7 heteroatoms. The molecule has 2 aromatic rings. The van der Waals surface area contributed by atoms with Crippen molar-refractivity contribution in [3.8, 4) is 0 Å². The average Bonchev–Trinajstić information content (AvgIpc) is 2.92. The minimum absolute atomic E-state index is 0.787. The fourth-order valence-corrected chi connectivity index (χ4v) is 3.82. The number of halogens is 1. The highest BCUT2D eigenvalue weighted by atomic mass is 79.9. The normalized spacial score (nSPS) is 14.5. The SMILES string of the molecule is CCNC(=NCCCc1nnc2n1CCCCC2)N(C)Cc1ccc(Br)cc1. The van der Waals surface area contributed by atoms with E-state index in [2.05, 4.69) is 79.1 Å². The molecule has 0 unspecified atom stereocenters. The molecule has 0 saturated carbocycles. The molecule has 0 radical (unpaired) electrons. The van der Waals surface area contributed by atoms with Crippen LogP contribution in [0.3, 0.4) is 0 Å². The Hall–Kier alpha value is -1.89. The molecule has 0 amide bonds. The van der Waals surface area contributed by atoms with E-state index in [1.165, 1.54) is 30.7 Å². The Morgan fingerprint density at radius 3 is 2.82 bits per heavy atom. The monoisotopic (exact) mass is 446 g/mol. The number of nitrogens with one attached hydrogen (secondary N) is 1. The summed E-state index contributed by atoms with van der Waals surface area (Å²) in [6.07, 6.45) is 6.76. The third kappa shape index (κ3) is 5.80. The molecule has 6 nitrogen and oxygen atoms in total. The maximum Gasteiger partial charge on any atom is 0.193 e. The molecule has 1 aromatic heterocycles. The van der Waals surface area contributed by atoms with Gasteiger partial charge in [0.2, 0.25) is 0 Å². The predicted molar refractivity (Wildman–Crippen MR) is 117 cm³/mol. The maximum atomic E-state index is 4.82. The number of aryl methyl sites for hydroxylation is 2. The lowest BCUT2D eigenvalue weighted by atomic mass is 10.2. The number of hydrogen-bond acceptors (Lipinski definition) is 3. The predicted octanol–water partition coefficient (Wildman–Crippen LogP) is 3.80. The van der Waals surface area contributed by atoms with Crippen molar-refractivity contribution in [1.82, 2.24) is 25.0 Å². The van der Waals surface area contributed by atoms with E-state index >= 15 is 0 Å². The van der Waals surface area contributed by atoms with Crippen molar-refractivity contribution < 1.29 is 0 Å². The van der Waals surface area contributed by atoms with Crippen LogP contribution < -0.4 is 5.32 Å². The molecular weight excluding hydrogens is 416 g/mol. The van der Waals surface area contributed by atoms with E-state index < -0.39 is 0 Å². The lowest BCUT2D eigenvalue weighted by molar-refractivity contribution is 0.476. The summed E-state index contributed by atoms with van der Waals surface area (Å²) in [6, 6.07) is 8.44. The smallest absolute Gasteiger partial charge is 0.193 e. The summed E-state index contributed by atoms with van der Waals surface area (Å²) in [4.78, 5) is 7.00. The van der Waals surface area contributed by atoms with Crippen LogP contribution in [0.1, 0.15) is 49.8 Å². The van der Waals surface area contributed by atoms with E-state index in [4.69, 9.17) is 4.99 Å². The third-order valence-electron chi connectivity index (χ3n) is 5.04. The van der Waals surface area contributed by atoms with Crippen LogP contribution in [0.5, 0.6) is 0 Å². The molecule has 2 heterocycles. The first kappa shape index (κ1) is 20.8. The van der Waals surface area contributed by atoms with Crippen LogP contribution in [0.2, 0.25) is 0 Å². The number of aliphatic imine (C=N–C) groups is 1. The number of rotatable bonds is 7. The van der Waals surface area contributed by atoms with Crippen molar-refractivity contribution in [1.29, 1.82) is 0 Å². The zero-order chi connectivity index (χ0) is 19.8. The number of fused-ring (bicyclic) bond motifs is 1. The maximum absolute atomic E-state index is 4.82. The van der Waals surface area contributed by atoms with Crippen LogP contribution in [-0.2, 0) is 25.9 Å². The molecule has 0 fully saturated rings. The van der Waals surface area contributed by atoms with Gasteiger partial charge < -0.3 is 14.8 Å². The molecule has 1 N–H and O–H groups in total. The van der Waals surface area contributed by atoms with Gasteiger partial charge in [-0.25, -0.2) is 0 Å². The summed E-state index contributed by atoms with van der Waals surface area (Å²) in [5.41, 5.74) is 1.27. The van der Waals surface area contributed by atoms with Crippen molar-refractivity contribution in [3.63, 3.8) is 0 Å². The number of hydrogen-bond donors (Lipinski definition) is 1. The topological polar surface area (TPSA) is 58.3 Å². The van der Waals surface area contributed by atoms with Gasteiger partial charge in [-0.1, -0.05) is 34.5 Å². The second-order valence-corrected chi connectivity index (χ2v) is 8.23. The van der Waals surface area contributed by atoms with Gasteiger partial charge in [0.15, 0.2) is 5.96 Å². The van der Waals surface area contributed by atoms with Crippen molar-refractivity contribution in [2.45, 2.75) is 58.5 Å². The van der Waals surface area contributed by atoms with Gasteiger partial charge in [0, 0.05) is 50.5 Å². The molecule has 1 aliphatic heterocycles. The zero-order valence-corrected chi connectivity index (χ0v) is 18.6. The van der Waals surface area contributed by atoms with Crippen LogP contribution in [0, 0.1) is 0 Å². The minimum atomic E-state index is 0.787. The Labute approximate surface area is 176 Å². The highest BCUT2D eigenvalue weighted by molar-refractivity contribution is 9.10. The van der Waals surface area contributed by atoms with Gasteiger partial charge in [0.05, 0.1) is 0 Å². The summed E-state index contributed by atoms with van der Waals surface area (Å²) in [7, 11) is 2.09. The van der Waals surface area contributed by atoms with Crippen LogP contribution in [0.15, 0.2) is 33.7 Å². The van der Waals surface area contributed by atoms with E-state index in [0.717, 1.165) is 61.7 Å². The first-order valence-electron chi connectivity index (χ1n) is 10.3. The molecule has 0 atom stereocenters. The van der Waals surface area contributed by atoms with Crippen molar-refractivity contribution in [2.75, 3.05) is 20.1 Å². The van der Waals surface area contributed by atoms with E-state index in [-0.39, 0.29) is 0 Å². The molecule has 1 aliphatic rings. The molecule has 0 saturated heterocycles. The van der Waals surface area contributed by atoms with Gasteiger partial charge >= 0.3 is 0 Å². The lowest BCUT2D eigenvalue weighted by Gasteiger charge is -2.22. The van der Waals surface area contributed by atoms with Crippen molar-refractivity contribution >= 4 is 21.9 Å². The largest absolute Gasteiger partial charge is 0.357 e. The van der Waals surface area contributed by atoms with Crippen molar-refractivity contribution in [3.05, 3.63) is 46.0 Å². The second-order valence-electron chi connectivity index (χ2n) is 7.32. The number of nitrogens with zero attached hydrogens (tertiary/aromatic N) is 5. The summed E-state index contributed by atoms with van der Waals surface area (Å²) in [5, 5.41) is 12.2. The third-order valence-corrected chi connectivity index (χ3v) is 5.56. The van der Waals surface area contributed by atoms with Gasteiger partial charge in [-0.2, -0.15) is 0 Å². The zero-order valence-electron chi connectivity index (χ0n) is 17.0. The Bertz CT molecular complexity index is 768. The van der Waals surface area contributed by atoms with Crippen molar-refractivity contribution in [2.24, 2.45) is 4.99 Å².